The van der Waals surface area contributed by atoms with Crippen LogP contribution in [-0.4, -0.2) is 4.98 Å². The van der Waals surface area contributed by atoms with E-state index in [1.54, 1.807) is 6.92 Å². The standard InChI is InChI=1S/C6H7N3O/c1-4-6(7)2-5(9-10)3-8-4/h2-3H,7H2,1H3. The van der Waals surface area contributed by atoms with Crippen molar-refractivity contribution in [2.75, 3.05) is 5.73 Å². The van der Waals surface area contributed by atoms with Crippen molar-refractivity contribution in [2.24, 2.45) is 5.18 Å². The zero-order valence-corrected chi connectivity index (χ0v) is 5.53. The number of nitrogens with zero attached hydrogens (tertiary/aromatic N) is 2. The van der Waals surface area contributed by atoms with Gasteiger partial charge < -0.3 is 5.73 Å². The minimum Gasteiger partial charge on any atom is -0.397 e. The molecule has 0 aliphatic heterocycles. The number of rotatable bonds is 1. The Labute approximate surface area is 58.1 Å². The van der Waals surface area contributed by atoms with Crippen LogP contribution in [0.5, 0.6) is 0 Å². The molecule has 4 heteroatoms. The van der Waals surface area contributed by atoms with Crippen LogP contribution >= 0.6 is 0 Å². The SMILES string of the molecule is Cc1ncc(N=O)cc1N. The van der Waals surface area contributed by atoms with E-state index in [9.17, 15) is 4.91 Å². The van der Waals surface area contributed by atoms with Gasteiger partial charge >= 0.3 is 0 Å². The predicted octanol–water partition coefficient (Wildman–Crippen LogP) is 1.37. The predicted molar refractivity (Wildman–Crippen MR) is 38.8 cm³/mol. The summed E-state index contributed by atoms with van der Waals surface area (Å²) in [5.74, 6) is 0. The molecule has 0 amide bonds. The van der Waals surface area contributed by atoms with Gasteiger partial charge in [-0.1, -0.05) is 0 Å². The van der Waals surface area contributed by atoms with Crippen molar-refractivity contribution in [1.82, 2.24) is 4.98 Å². The summed E-state index contributed by atoms with van der Waals surface area (Å²) in [6.45, 7) is 1.77. The topological polar surface area (TPSA) is 68.3 Å². The van der Waals surface area contributed by atoms with Gasteiger partial charge in [-0.2, -0.15) is 0 Å². The molecule has 1 aromatic rings. The van der Waals surface area contributed by atoms with E-state index in [4.69, 9.17) is 5.73 Å². The molecule has 0 spiro atoms. The second-order valence-corrected chi connectivity index (χ2v) is 1.96. The van der Waals surface area contributed by atoms with Crippen LogP contribution in [0.1, 0.15) is 5.69 Å². The highest BCUT2D eigenvalue weighted by Gasteiger charge is 1.95. The molecule has 10 heavy (non-hydrogen) atoms. The lowest BCUT2D eigenvalue weighted by molar-refractivity contribution is 1.20. The number of nitroso groups, excluding NO2 is 1. The first-order valence-corrected chi connectivity index (χ1v) is 2.79. The Hall–Kier alpha value is -1.45. The van der Waals surface area contributed by atoms with Crippen LogP contribution in [0.3, 0.4) is 0 Å². The van der Waals surface area contributed by atoms with Crippen LogP contribution in [-0.2, 0) is 0 Å². The third-order valence-electron chi connectivity index (χ3n) is 1.22. The van der Waals surface area contributed by atoms with Crippen LogP contribution in [0.15, 0.2) is 17.4 Å². The van der Waals surface area contributed by atoms with Gasteiger partial charge in [0.05, 0.1) is 17.6 Å². The maximum atomic E-state index is 9.92. The zero-order chi connectivity index (χ0) is 7.56. The van der Waals surface area contributed by atoms with Crippen molar-refractivity contribution in [2.45, 2.75) is 6.92 Å². The Morgan fingerprint density at radius 1 is 1.70 bits per heavy atom. The number of nitrogens with two attached hydrogens (primary N) is 1. The average Bonchev–Trinajstić information content (AvgIpc) is 1.95. The van der Waals surface area contributed by atoms with Crippen LogP contribution in [0.2, 0.25) is 0 Å². The summed E-state index contributed by atoms with van der Waals surface area (Å²) in [7, 11) is 0. The molecule has 2 N–H and O–H groups in total. The van der Waals surface area contributed by atoms with E-state index >= 15 is 0 Å². The van der Waals surface area contributed by atoms with Gasteiger partial charge in [0.15, 0.2) is 0 Å². The number of nitrogen functional groups attached to an aromatic ring is 1. The van der Waals surface area contributed by atoms with Crippen molar-refractivity contribution in [3.8, 4) is 0 Å². The van der Waals surface area contributed by atoms with Gasteiger partial charge in [-0.3, -0.25) is 4.98 Å². The summed E-state index contributed by atoms with van der Waals surface area (Å²) < 4.78 is 0. The lowest BCUT2D eigenvalue weighted by Crippen LogP contribution is -1.90. The molecule has 0 aliphatic carbocycles. The van der Waals surface area contributed by atoms with Crippen LogP contribution in [0.25, 0.3) is 0 Å². The third-order valence-corrected chi connectivity index (χ3v) is 1.22. The molecule has 0 unspecified atom stereocenters. The van der Waals surface area contributed by atoms with Gasteiger partial charge in [-0.25, -0.2) is 0 Å². The summed E-state index contributed by atoms with van der Waals surface area (Å²) in [6.07, 6.45) is 1.39. The van der Waals surface area contributed by atoms with E-state index in [-0.39, 0.29) is 5.69 Å². The van der Waals surface area contributed by atoms with Crippen LogP contribution < -0.4 is 5.73 Å². The Morgan fingerprint density at radius 2 is 2.40 bits per heavy atom. The lowest BCUT2D eigenvalue weighted by atomic mass is 10.3. The molecule has 1 rings (SSSR count). The van der Waals surface area contributed by atoms with E-state index in [1.807, 2.05) is 0 Å². The highest BCUT2D eigenvalue weighted by Crippen LogP contribution is 2.15. The van der Waals surface area contributed by atoms with Crippen molar-refractivity contribution in [1.29, 1.82) is 0 Å². The quantitative estimate of drug-likeness (QED) is 0.594. The van der Waals surface area contributed by atoms with Crippen molar-refractivity contribution >= 4 is 11.4 Å². The number of aryl methyl sites for hydroxylation is 1. The second kappa shape index (κ2) is 2.43. The zero-order valence-electron chi connectivity index (χ0n) is 5.53. The third kappa shape index (κ3) is 1.10. The number of pyridine rings is 1. The number of aromatic nitrogens is 1. The molecule has 0 aliphatic rings. The Bertz CT molecular complexity index is 259. The molecule has 0 aromatic carbocycles. The molecule has 0 bridgehead atoms. The van der Waals surface area contributed by atoms with E-state index in [0.717, 1.165) is 0 Å². The van der Waals surface area contributed by atoms with Gasteiger partial charge in [0, 0.05) is 0 Å². The molecule has 0 radical (unpaired) electrons. The Kier molecular flexibility index (Phi) is 1.62. The smallest absolute Gasteiger partial charge is 0.128 e. The molecule has 0 saturated heterocycles. The van der Waals surface area contributed by atoms with Crippen LogP contribution in [0, 0.1) is 11.8 Å². The first-order valence-electron chi connectivity index (χ1n) is 2.79. The normalized spacial score (nSPS) is 9.30. The van der Waals surface area contributed by atoms with Crippen molar-refractivity contribution < 1.29 is 0 Å². The molecule has 52 valence electrons. The van der Waals surface area contributed by atoms with Gasteiger partial charge in [-0.15, -0.1) is 4.91 Å². The van der Waals surface area contributed by atoms with Crippen molar-refractivity contribution in [3.05, 3.63) is 22.9 Å². The fourth-order valence-electron chi connectivity index (χ4n) is 0.588. The second-order valence-electron chi connectivity index (χ2n) is 1.96. The van der Waals surface area contributed by atoms with E-state index in [0.29, 0.717) is 11.4 Å². The summed E-state index contributed by atoms with van der Waals surface area (Å²) >= 11 is 0. The van der Waals surface area contributed by atoms with Crippen LogP contribution in [0.4, 0.5) is 11.4 Å². The summed E-state index contributed by atoms with van der Waals surface area (Å²) in [5, 5.41) is 2.68. The Morgan fingerprint density at radius 3 is 2.90 bits per heavy atom. The molecule has 0 atom stereocenters. The minimum atomic E-state index is 0.267. The fourth-order valence-corrected chi connectivity index (χ4v) is 0.588. The highest BCUT2D eigenvalue weighted by atomic mass is 16.3. The summed E-state index contributed by atoms with van der Waals surface area (Å²) in [6, 6.07) is 1.50. The molecular weight excluding hydrogens is 130 g/mol. The van der Waals surface area contributed by atoms with Gasteiger partial charge in [-0.05, 0) is 18.2 Å². The number of hydrogen-bond acceptors (Lipinski definition) is 4. The molecule has 1 heterocycles. The largest absolute Gasteiger partial charge is 0.397 e. The van der Waals surface area contributed by atoms with Crippen molar-refractivity contribution in [3.63, 3.8) is 0 Å². The maximum Gasteiger partial charge on any atom is 0.128 e. The number of hydrogen-bond donors (Lipinski definition) is 1. The Balaban J connectivity index is 3.16. The van der Waals surface area contributed by atoms with Gasteiger partial charge in [0.2, 0.25) is 0 Å². The molecular formula is C6H7N3O. The fraction of sp³-hybridized carbons (Fsp3) is 0.167. The highest BCUT2D eigenvalue weighted by molar-refractivity contribution is 5.51. The average molecular weight is 137 g/mol. The molecule has 4 nitrogen and oxygen atoms in total. The molecule has 0 fully saturated rings. The van der Waals surface area contributed by atoms with E-state index < -0.39 is 0 Å². The van der Waals surface area contributed by atoms with E-state index in [1.165, 1.54) is 12.3 Å². The molecule has 1 aromatic heterocycles. The van der Waals surface area contributed by atoms with Gasteiger partial charge in [0.25, 0.3) is 0 Å². The first kappa shape index (κ1) is 6.67. The summed E-state index contributed by atoms with van der Waals surface area (Å²) in [4.78, 5) is 13.8. The van der Waals surface area contributed by atoms with E-state index in [2.05, 4.69) is 10.2 Å². The molecule has 0 saturated carbocycles. The lowest BCUT2D eigenvalue weighted by Gasteiger charge is -1.95. The van der Waals surface area contributed by atoms with Gasteiger partial charge in [0.1, 0.15) is 5.69 Å². The number of anilines is 1. The minimum absolute atomic E-state index is 0.267. The summed E-state index contributed by atoms with van der Waals surface area (Å²) in [5.41, 5.74) is 6.91. The maximum absolute atomic E-state index is 9.92. The monoisotopic (exact) mass is 137 g/mol. The first-order chi connectivity index (χ1) is 4.74.